The molecule has 512 valence electrons. The van der Waals surface area contributed by atoms with Crippen LogP contribution >= 0.6 is 11.8 Å². The van der Waals surface area contributed by atoms with E-state index in [-0.39, 0.29) is 49.4 Å². The SMILES string of the molecule is C=C1C(=O)N(C)[C@@H](CC(C)(C)OCSC)C(=O)N[C@@H](C(C)C)C(=O)N(C)[C@@H](CC(C)C)C(=O)N[C@@H](C)C(=O)N[C@H](C)C(=O)[N+]2(C)C(C(C)C)[C@@H]2C(=O)N(C)[C@@H](CC(C)C)C(=O)N(C)[C@@H](C(C)C)C(=O)N(C)[C@@H]([C@H](O)[C@H](C)C/C=C/C)C(=O)N[C@@H](CC)C(=O)N1C. The van der Waals surface area contributed by atoms with Gasteiger partial charge in [0.05, 0.1) is 24.7 Å². The molecule has 0 bridgehead atoms. The number of fused-ring (bicyclic) bond motifs is 1. The van der Waals surface area contributed by atoms with Gasteiger partial charge in [-0.3, -0.25) is 47.9 Å². The van der Waals surface area contributed by atoms with Crippen LogP contribution in [0, 0.1) is 35.5 Å². The Morgan fingerprint density at radius 1 is 0.622 bits per heavy atom. The summed E-state index contributed by atoms with van der Waals surface area (Å²) in [5, 5.41) is 23.2. The number of hydrogen-bond donors (Lipinski definition) is 5. The zero-order chi connectivity index (χ0) is 69.7. The molecule has 0 aromatic heterocycles. The summed E-state index contributed by atoms with van der Waals surface area (Å²) >= 11 is 1.39. The number of ether oxygens (including phenoxy) is 1. The summed E-state index contributed by atoms with van der Waals surface area (Å²) in [5.74, 6) is -9.95. The summed E-state index contributed by atoms with van der Waals surface area (Å²) in [5.41, 5.74) is -1.46. The average Bonchev–Trinajstić information content (AvgIpc) is 1.53. The van der Waals surface area contributed by atoms with Crippen LogP contribution in [0.2, 0.25) is 0 Å². The number of likely N-dealkylation sites (N-methyl/N-ethyl adjacent to an activating group) is 7. The number of aliphatic hydroxyl groups excluding tert-OH is 1. The molecule has 0 saturated carbocycles. The molecule has 0 spiro atoms. The van der Waals surface area contributed by atoms with Crippen LogP contribution in [0.25, 0.3) is 0 Å². The number of nitrogens with zero attached hydrogens (tertiary/aromatic N) is 7. The molecular formula is C65H114N11O13S+. The predicted octanol–water partition coefficient (Wildman–Crippen LogP) is 3.75. The first-order chi connectivity index (χ1) is 41.5. The van der Waals surface area contributed by atoms with E-state index in [0.29, 0.717) is 6.42 Å². The molecule has 0 aromatic rings. The van der Waals surface area contributed by atoms with Crippen molar-refractivity contribution < 1.29 is 67.1 Å². The Kier molecular flexibility index (Phi) is 30.4. The molecule has 2 aliphatic heterocycles. The van der Waals surface area contributed by atoms with E-state index in [0.717, 1.165) is 14.7 Å². The molecule has 14 atom stereocenters. The van der Waals surface area contributed by atoms with E-state index >= 15 is 14.4 Å². The highest BCUT2D eigenvalue weighted by Crippen LogP contribution is 2.45. The number of thioether (sulfide) groups is 1. The molecule has 90 heavy (non-hydrogen) atoms. The van der Waals surface area contributed by atoms with Gasteiger partial charge in [-0.05, 0) is 96.1 Å². The van der Waals surface area contributed by atoms with Crippen molar-refractivity contribution in [2.24, 2.45) is 35.5 Å². The average molecular weight is 1290 g/mol. The number of allylic oxidation sites excluding steroid dienone is 2. The Morgan fingerprint density at radius 2 is 1.13 bits per heavy atom. The maximum absolute atomic E-state index is 15.2. The second kappa shape index (κ2) is 34.1. The number of carbonyl (C=O) groups excluding carboxylic acids is 11. The fraction of sp³-hybridized carbons (Fsp3) is 0.769. The van der Waals surface area contributed by atoms with E-state index in [1.165, 1.54) is 82.6 Å². The van der Waals surface area contributed by atoms with Crippen molar-refractivity contribution in [1.29, 1.82) is 0 Å². The van der Waals surface area contributed by atoms with Crippen molar-refractivity contribution in [3.63, 3.8) is 0 Å². The fourth-order valence-electron chi connectivity index (χ4n) is 12.1. The van der Waals surface area contributed by atoms with E-state index in [2.05, 4.69) is 27.8 Å². The van der Waals surface area contributed by atoms with Crippen molar-refractivity contribution in [1.82, 2.24) is 50.7 Å². The number of amides is 11. The maximum Gasteiger partial charge on any atom is 0.336 e. The largest absolute Gasteiger partial charge is 0.390 e. The molecular weight excluding hydrogens is 1170 g/mol. The van der Waals surface area contributed by atoms with Crippen LogP contribution in [0.3, 0.4) is 0 Å². The van der Waals surface area contributed by atoms with Gasteiger partial charge in [0.15, 0.2) is 6.04 Å². The number of aliphatic hydroxyl groups is 1. The molecule has 5 N–H and O–H groups in total. The van der Waals surface area contributed by atoms with Crippen molar-refractivity contribution in [3.05, 3.63) is 24.4 Å². The summed E-state index contributed by atoms with van der Waals surface area (Å²) in [6, 6.07) is -13.2. The van der Waals surface area contributed by atoms with Gasteiger partial charge in [0.2, 0.25) is 53.3 Å². The van der Waals surface area contributed by atoms with Gasteiger partial charge in [-0.25, -0.2) is 9.28 Å². The van der Waals surface area contributed by atoms with Gasteiger partial charge in [-0.2, -0.15) is 0 Å². The number of rotatable bonds is 17. The lowest BCUT2D eigenvalue weighted by Gasteiger charge is -2.40. The molecule has 24 nitrogen and oxygen atoms in total. The Labute approximate surface area is 541 Å². The van der Waals surface area contributed by atoms with Crippen LogP contribution in [0.5, 0.6) is 0 Å². The number of carbonyl (C=O) groups is 11. The first-order valence-electron chi connectivity index (χ1n) is 31.8. The van der Waals surface area contributed by atoms with Crippen LogP contribution in [0.15, 0.2) is 24.4 Å². The fourth-order valence-corrected chi connectivity index (χ4v) is 12.6. The molecule has 2 unspecified atom stereocenters. The first kappa shape index (κ1) is 80.2. The van der Waals surface area contributed by atoms with Gasteiger partial charge in [0, 0.05) is 54.6 Å². The van der Waals surface area contributed by atoms with E-state index in [9.17, 15) is 43.5 Å². The standard InChI is InChI=1S/C65H113N11O13S/c1-27-29-30-40(13)53(77)50-57(81)68-44(28-2)59(83)70(19)43(16)58(82)73(22)47(33-65(17,18)89-34-90-26)56(80)69-48(37(7)8)61(85)71(20)45(31-35(3)4)55(79)66-41(14)54(78)67-42(15)64(88)76(25)51(39(11)12)52(76)63(87)72(21)46(32-36(5)6)60(84)74(23)49(38(9)10)62(86)75(50)24/h27,29,35-42,44-53,77H,16,28,30-34H2,1-15,17-26H3,(H3-,66,67,68,69,78,79,80,81)/p+1/b29-27+/t40-,41+,42-,44+,45+,46+,47+,48+,49+,50+,51?,52-,53-,76?/m1/s1. The van der Waals surface area contributed by atoms with Gasteiger partial charge in [-0.1, -0.05) is 102 Å². The van der Waals surface area contributed by atoms with Crippen LogP contribution in [0.4, 0.5) is 0 Å². The topological polar surface area (TPSA) is 285 Å². The van der Waals surface area contributed by atoms with Crippen LogP contribution < -0.4 is 21.3 Å². The number of hydrogen-bond acceptors (Lipinski definition) is 14. The molecule has 2 heterocycles. The lowest BCUT2D eigenvalue weighted by Crippen LogP contribution is -2.63. The zero-order valence-electron chi connectivity index (χ0n) is 58.9. The molecule has 2 rings (SSSR count). The summed E-state index contributed by atoms with van der Waals surface area (Å²) < 4.78 is 5.71. The van der Waals surface area contributed by atoms with E-state index < -0.39 is 171 Å². The zero-order valence-corrected chi connectivity index (χ0v) is 59.7. The minimum absolute atomic E-state index is 0.0427. The third kappa shape index (κ3) is 19.6. The van der Waals surface area contributed by atoms with Gasteiger partial charge >= 0.3 is 5.91 Å². The summed E-state index contributed by atoms with van der Waals surface area (Å²) in [7, 11) is 9.93. The minimum atomic E-state index is -1.65. The van der Waals surface area contributed by atoms with Crippen LogP contribution in [-0.2, 0) is 57.5 Å². The Morgan fingerprint density at radius 3 is 1.62 bits per heavy atom. The van der Waals surface area contributed by atoms with Gasteiger partial charge in [0.25, 0.3) is 11.8 Å². The van der Waals surface area contributed by atoms with E-state index in [1.54, 1.807) is 81.5 Å². The van der Waals surface area contributed by atoms with E-state index in [4.69, 9.17) is 4.74 Å². The van der Waals surface area contributed by atoms with Crippen molar-refractivity contribution in [3.8, 4) is 0 Å². The summed E-state index contributed by atoms with van der Waals surface area (Å²) in [4.78, 5) is 170. The third-order valence-electron chi connectivity index (χ3n) is 17.8. The van der Waals surface area contributed by atoms with Gasteiger partial charge in [0.1, 0.15) is 60.1 Å². The lowest BCUT2D eigenvalue weighted by molar-refractivity contribution is -0.723. The molecule has 2 fully saturated rings. The Hall–Kier alpha value is -5.92. The van der Waals surface area contributed by atoms with Gasteiger partial charge in [-0.15, -0.1) is 11.8 Å². The monoisotopic (exact) mass is 1290 g/mol. The predicted molar refractivity (Wildman–Crippen MR) is 349 cm³/mol. The summed E-state index contributed by atoms with van der Waals surface area (Å²) in [6.45, 7) is 33.6. The number of nitrogens with one attached hydrogen (secondary N) is 4. The van der Waals surface area contributed by atoms with Crippen LogP contribution in [-0.4, -0.2) is 244 Å². The molecule has 0 aliphatic carbocycles. The van der Waals surface area contributed by atoms with Gasteiger partial charge < -0.3 is 60.5 Å². The first-order valence-corrected chi connectivity index (χ1v) is 33.2. The third-order valence-corrected chi connectivity index (χ3v) is 18.2. The molecule has 25 heteroatoms. The second-order valence-electron chi connectivity index (χ2n) is 27.6. The van der Waals surface area contributed by atoms with Crippen molar-refractivity contribution >= 4 is 76.7 Å². The van der Waals surface area contributed by atoms with E-state index in [1.807, 2.05) is 47.8 Å². The molecule has 2 saturated heterocycles. The lowest BCUT2D eigenvalue weighted by atomic mass is 9.91. The molecule has 2 aliphatic rings. The highest BCUT2D eigenvalue weighted by Gasteiger charge is 2.74. The van der Waals surface area contributed by atoms with Crippen molar-refractivity contribution in [2.75, 3.05) is 61.5 Å². The summed E-state index contributed by atoms with van der Waals surface area (Å²) in [6.07, 6.45) is 4.28. The Balaban J connectivity index is 3.05. The van der Waals surface area contributed by atoms with Crippen molar-refractivity contribution in [2.45, 2.75) is 228 Å². The highest BCUT2D eigenvalue weighted by atomic mass is 32.2. The highest BCUT2D eigenvalue weighted by molar-refractivity contribution is 7.98. The number of quaternary nitrogens is 1. The smallest absolute Gasteiger partial charge is 0.336 e. The Bertz CT molecular complexity index is 2610. The molecule has 0 aromatic carbocycles. The minimum Gasteiger partial charge on any atom is -0.390 e. The quantitative estimate of drug-likeness (QED) is 0.0456. The normalized spacial score (nSPS) is 29.0. The van der Waals surface area contributed by atoms with Crippen LogP contribution in [0.1, 0.15) is 150 Å². The maximum atomic E-state index is 15.2. The second-order valence-corrected chi connectivity index (χ2v) is 28.4. The molecule has 11 amide bonds. The molecule has 0 radical (unpaired) electrons.